The van der Waals surface area contributed by atoms with Gasteiger partial charge in [0.05, 0.1) is 13.2 Å². The van der Waals surface area contributed by atoms with Crippen LogP contribution in [0.5, 0.6) is 11.5 Å². The van der Waals surface area contributed by atoms with Crippen molar-refractivity contribution in [3.63, 3.8) is 0 Å². The van der Waals surface area contributed by atoms with Gasteiger partial charge in [-0.05, 0) is 42.5 Å². The Bertz CT molecular complexity index is 540. The Balaban J connectivity index is 1.94. The zero-order valence-corrected chi connectivity index (χ0v) is 13.7. The molecule has 114 valence electrons. The van der Waals surface area contributed by atoms with Gasteiger partial charge < -0.3 is 14.8 Å². The summed E-state index contributed by atoms with van der Waals surface area (Å²) in [5.41, 5.74) is 1.19. The van der Waals surface area contributed by atoms with Gasteiger partial charge >= 0.3 is 0 Å². The predicted molar refractivity (Wildman–Crippen MR) is 88.2 cm³/mol. The van der Waals surface area contributed by atoms with Gasteiger partial charge in [-0.3, -0.25) is 0 Å². The van der Waals surface area contributed by atoms with E-state index in [0.717, 1.165) is 31.0 Å². The molecule has 0 radical (unpaired) electrons. The molecule has 0 amide bonds. The molecule has 0 saturated carbocycles. The Labute approximate surface area is 130 Å². The van der Waals surface area contributed by atoms with Crippen LogP contribution in [0.3, 0.4) is 0 Å². The predicted octanol–water partition coefficient (Wildman–Crippen LogP) is 4.22. The molecule has 1 heterocycles. The minimum atomic E-state index is 0.196. The van der Waals surface area contributed by atoms with Crippen LogP contribution in [0, 0.1) is 0 Å². The van der Waals surface area contributed by atoms with Crippen LogP contribution in [-0.2, 0) is 13.1 Å². The maximum Gasteiger partial charge on any atom is 0.161 e. The molecule has 1 aromatic heterocycles. The third-order valence-electron chi connectivity index (χ3n) is 3.34. The second-order valence-electron chi connectivity index (χ2n) is 5.00. The number of ether oxygens (including phenoxy) is 2. The van der Waals surface area contributed by atoms with Crippen molar-refractivity contribution in [2.24, 2.45) is 0 Å². The summed E-state index contributed by atoms with van der Waals surface area (Å²) >= 11 is 1.77. The number of hydrogen-bond acceptors (Lipinski definition) is 4. The number of rotatable bonds is 8. The van der Waals surface area contributed by atoms with Crippen molar-refractivity contribution in [2.75, 3.05) is 7.11 Å². The lowest BCUT2D eigenvalue weighted by Crippen LogP contribution is -2.13. The monoisotopic (exact) mass is 305 g/mol. The number of thiophene rings is 1. The highest BCUT2D eigenvalue weighted by atomic mass is 32.1. The van der Waals surface area contributed by atoms with Crippen LogP contribution < -0.4 is 14.8 Å². The second kappa shape index (κ2) is 8.05. The van der Waals surface area contributed by atoms with Crippen molar-refractivity contribution < 1.29 is 9.47 Å². The average molecular weight is 305 g/mol. The SMILES string of the molecule is CCC(C)Oc1ccc(CNCc2cccs2)cc1OC. The van der Waals surface area contributed by atoms with Crippen molar-refractivity contribution >= 4 is 11.3 Å². The van der Waals surface area contributed by atoms with Crippen LogP contribution in [0.1, 0.15) is 30.7 Å². The molecule has 2 rings (SSSR count). The highest BCUT2D eigenvalue weighted by Crippen LogP contribution is 2.29. The average Bonchev–Trinajstić information content (AvgIpc) is 3.01. The smallest absolute Gasteiger partial charge is 0.161 e. The molecule has 0 spiro atoms. The van der Waals surface area contributed by atoms with E-state index in [9.17, 15) is 0 Å². The normalized spacial score (nSPS) is 12.1. The van der Waals surface area contributed by atoms with E-state index in [2.05, 4.69) is 42.7 Å². The molecular formula is C17H23NO2S. The number of methoxy groups -OCH3 is 1. The number of hydrogen-bond donors (Lipinski definition) is 1. The molecule has 0 bridgehead atoms. The summed E-state index contributed by atoms with van der Waals surface area (Å²) in [5, 5.41) is 5.54. The number of nitrogens with one attached hydrogen (secondary N) is 1. The molecule has 2 aromatic rings. The largest absolute Gasteiger partial charge is 0.493 e. The van der Waals surface area contributed by atoms with Gasteiger partial charge in [-0.15, -0.1) is 11.3 Å². The topological polar surface area (TPSA) is 30.5 Å². The van der Waals surface area contributed by atoms with E-state index in [0.29, 0.717) is 0 Å². The number of benzene rings is 1. The lowest BCUT2D eigenvalue weighted by molar-refractivity contribution is 0.207. The molecule has 0 aliphatic carbocycles. The molecule has 1 aromatic carbocycles. The van der Waals surface area contributed by atoms with E-state index in [4.69, 9.17) is 9.47 Å². The molecule has 0 aliphatic heterocycles. The Hall–Kier alpha value is -1.52. The first-order valence-electron chi connectivity index (χ1n) is 7.29. The van der Waals surface area contributed by atoms with Crippen LogP contribution in [0.2, 0.25) is 0 Å². The van der Waals surface area contributed by atoms with Gasteiger partial charge in [-0.1, -0.05) is 19.1 Å². The van der Waals surface area contributed by atoms with Crippen molar-refractivity contribution in [3.05, 3.63) is 46.2 Å². The fourth-order valence-corrected chi connectivity index (χ4v) is 2.64. The van der Waals surface area contributed by atoms with Gasteiger partial charge in [-0.25, -0.2) is 0 Å². The zero-order chi connectivity index (χ0) is 15.1. The summed E-state index contributed by atoms with van der Waals surface area (Å²) in [6.45, 7) is 5.89. The third-order valence-corrected chi connectivity index (χ3v) is 4.22. The van der Waals surface area contributed by atoms with Crippen LogP contribution >= 0.6 is 11.3 Å². The van der Waals surface area contributed by atoms with E-state index in [1.165, 1.54) is 10.4 Å². The van der Waals surface area contributed by atoms with E-state index in [1.807, 2.05) is 12.1 Å². The first-order chi connectivity index (χ1) is 10.2. The Morgan fingerprint density at radius 1 is 1.19 bits per heavy atom. The highest BCUT2D eigenvalue weighted by molar-refractivity contribution is 7.09. The molecule has 0 saturated heterocycles. The summed E-state index contributed by atoms with van der Waals surface area (Å²) < 4.78 is 11.3. The van der Waals surface area contributed by atoms with Gasteiger partial charge in [0.15, 0.2) is 11.5 Å². The lowest BCUT2D eigenvalue weighted by Gasteiger charge is -2.16. The van der Waals surface area contributed by atoms with E-state index < -0.39 is 0 Å². The zero-order valence-electron chi connectivity index (χ0n) is 12.9. The standard InChI is InChI=1S/C17H23NO2S/c1-4-13(2)20-16-8-7-14(10-17(16)19-3)11-18-12-15-6-5-9-21-15/h5-10,13,18H,4,11-12H2,1-3H3. The molecule has 3 nitrogen and oxygen atoms in total. The summed E-state index contributed by atoms with van der Waals surface area (Å²) in [6.07, 6.45) is 1.18. The van der Waals surface area contributed by atoms with Crippen LogP contribution in [0.15, 0.2) is 35.7 Å². The van der Waals surface area contributed by atoms with Crippen LogP contribution in [0.4, 0.5) is 0 Å². The molecule has 1 N–H and O–H groups in total. The molecular weight excluding hydrogens is 282 g/mol. The van der Waals surface area contributed by atoms with Crippen molar-refractivity contribution in [1.82, 2.24) is 5.32 Å². The van der Waals surface area contributed by atoms with E-state index >= 15 is 0 Å². The molecule has 1 atom stereocenters. The van der Waals surface area contributed by atoms with Gasteiger partial charge in [0.2, 0.25) is 0 Å². The first kappa shape index (κ1) is 15.9. The Morgan fingerprint density at radius 3 is 2.71 bits per heavy atom. The molecule has 21 heavy (non-hydrogen) atoms. The molecule has 1 unspecified atom stereocenters. The molecule has 0 aliphatic rings. The minimum Gasteiger partial charge on any atom is -0.493 e. The summed E-state index contributed by atoms with van der Waals surface area (Å²) in [6, 6.07) is 10.3. The van der Waals surface area contributed by atoms with Gasteiger partial charge in [0.1, 0.15) is 0 Å². The second-order valence-corrected chi connectivity index (χ2v) is 6.04. The van der Waals surface area contributed by atoms with Crippen molar-refractivity contribution in [2.45, 2.75) is 39.5 Å². The van der Waals surface area contributed by atoms with Crippen molar-refractivity contribution in [3.8, 4) is 11.5 Å². The summed E-state index contributed by atoms with van der Waals surface area (Å²) in [5.74, 6) is 1.61. The maximum atomic E-state index is 5.86. The van der Waals surface area contributed by atoms with E-state index in [1.54, 1.807) is 18.4 Å². The minimum absolute atomic E-state index is 0.196. The Kier molecular flexibility index (Phi) is 6.08. The van der Waals surface area contributed by atoms with Gasteiger partial charge in [0, 0.05) is 18.0 Å². The van der Waals surface area contributed by atoms with E-state index in [-0.39, 0.29) is 6.10 Å². The van der Waals surface area contributed by atoms with Crippen molar-refractivity contribution in [1.29, 1.82) is 0 Å². The fraction of sp³-hybridized carbons (Fsp3) is 0.412. The van der Waals surface area contributed by atoms with Crippen LogP contribution in [-0.4, -0.2) is 13.2 Å². The summed E-state index contributed by atoms with van der Waals surface area (Å²) in [7, 11) is 1.68. The van der Waals surface area contributed by atoms with Crippen LogP contribution in [0.25, 0.3) is 0 Å². The molecule has 0 fully saturated rings. The first-order valence-corrected chi connectivity index (χ1v) is 8.17. The maximum absolute atomic E-state index is 5.86. The molecule has 4 heteroatoms. The third kappa shape index (κ3) is 4.76. The quantitative estimate of drug-likeness (QED) is 0.792. The lowest BCUT2D eigenvalue weighted by atomic mass is 10.2. The van der Waals surface area contributed by atoms with Gasteiger partial charge in [-0.2, -0.15) is 0 Å². The Morgan fingerprint density at radius 2 is 2.05 bits per heavy atom. The van der Waals surface area contributed by atoms with Gasteiger partial charge in [0.25, 0.3) is 0 Å². The highest BCUT2D eigenvalue weighted by Gasteiger charge is 2.08. The summed E-state index contributed by atoms with van der Waals surface area (Å²) in [4.78, 5) is 1.35. The fourth-order valence-electron chi connectivity index (χ4n) is 1.96.